The molecule has 0 heterocycles. The first-order valence-corrected chi connectivity index (χ1v) is 14.6. The van der Waals surface area contributed by atoms with E-state index < -0.39 is 23.9 Å². The number of rotatable bonds is 20. The first-order chi connectivity index (χ1) is 23.4. The molecule has 0 amide bonds. The van der Waals surface area contributed by atoms with Crippen molar-refractivity contribution in [1.82, 2.24) is 0 Å². The number of benzene rings is 3. The monoisotopic (exact) mass is 660 g/mol. The van der Waals surface area contributed by atoms with E-state index >= 15 is 0 Å². The number of aliphatic imine (C=N–C) groups is 2. The maximum absolute atomic E-state index is 12.2. The molecule has 0 saturated carbocycles. The molecule has 0 aliphatic carbocycles. The first-order valence-electron chi connectivity index (χ1n) is 14.6. The quantitative estimate of drug-likeness (QED) is 0.0566. The maximum Gasteiger partial charge on any atom is 0.338 e. The number of nitrogens with zero attached hydrogens (tertiary/aromatic N) is 2. The van der Waals surface area contributed by atoms with E-state index in [1.165, 1.54) is 36.4 Å². The highest BCUT2D eigenvalue weighted by Crippen LogP contribution is 2.14. The van der Waals surface area contributed by atoms with Crippen LogP contribution < -0.4 is 0 Å². The SMILES string of the molecule is O=C=Nc1ccc(CC(=O)OCCOCCOC(=O)c2ccc(C(=O)OCCOCCOC(=O)Cc3ccc(N=C=O)cc3)cc2)cc1. The molecule has 250 valence electrons. The van der Waals surface area contributed by atoms with Crippen molar-refractivity contribution in [2.75, 3.05) is 52.9 Å². The van der Waals surface area contributed by atoms with Crippen LogP contribution in [0.4, 0.5) is 11.4 Å². The molecule has 0 N–H and O–H groups in total. The van der Waals surface area contributed by atoms with Gasteiger partial charge in [-0.05, 0) is 59.7 Å². The second kappa shape index (κ2) is 21.1. The molecule has 14 heteroatoms. The van der Waals surface area contributed by atoms with Gasteiger partial charge in [-0.25, -0.2) is 19.2 Å². The highest BCUT2D eigenvalue weighted by atomic mass is 16.6. The summed E-state index contributed by atoms with van der Waals surface area (Å²) >= 11 is 0. The number of carbonyl (C=O) groups is 4. The second-order valence-electron chi connectivity index (χ2n) is 9.61. The summed E-state index contributed by atoms with van der Waals surface area (Å²) in [4.78, 5) is 75.8. The highest BCUT2D eigenvalue weighted by Gasteiger charge is 2.12. The number of hydrogen-bond acceptors (Lipinski definition) is 14. The molecule has 0 unspecified atom stereocenters. The van der Waals surface area contributed by atoms with Gasteiger partial charge in [0.2, 0.25) is 12.2 Å². The Morgan fingerprint density at radius 3 is 1.12 bits per heavy atom. The molecule has 0 aliphatic rings. The standard InChI is InChI=1S/C34H32N2O12/c37-23-35-29-9-1-25(2-10-29)21-31(39)45-17-13-43-15-19-47-33(41)27-5-7-28(8-6-27)34(42)48-20-16-44-14-18-46-32(40)22-26-3-11-30(12-4-26)36-24-38/h1-12H,13-22H2. The van der Waals surface area contributed by atoms with Gasteiger partial charge in [-0.15, -0.1) is 0 Å². The predicted octanol–water partition coefficient (Wildman–Crippen LogP) is 3.54. The van der Waals surface area contributed by atoms with Crippen LogP contribution in [0.1, 0.15) is 31.8 Å². The van der Waals surface area contributed by atoms with Gasteiger partial charge in [0.25, 0.3) is 0 Å². The lowest BCUT2D eigenvalue weighted by molar-refractivity contribution is -0.145. The zero-order valence-electron chi connectivity index (χ0n) is 25.8. The van der Waals surface area contributed by atoms with Crippen LogP contribution >= 0.6 is 0 Å². The average molecular weight is 661 g/mol. The highest BCUT2D eigenvalue weighted by molar-refractivity contribution is 5.93. The zero-order valence-corrected chi connectivity index (χ0v) is 25.8. The van der Waals surface area contributed by atoms with Crippen LogP contribution in [-0.4, -0.2) is 88.9 Å². The fourth-order valence-electron chi connectivity index (χ4n) is 3.85. The zero-order chi connectivity index (χ0) is 34.4. The molecule has 0 saturated heterocycles. The average Bonchev–Trinajstić information content (AvgIpc) is 3.09. The molecule has 0 aliphatic heterocycles. The van der Waals surface area contributed by atoms with Crippen molar-refractivity contribution < 1.29 is 57.2 Å². The minimum absolute atomic E-state index is 0.0262. The van der Waals surface area contributed by atoms with Gasteiger partial charge in [0.15, 0.2) is 0 Å². The normalized spacial score (nSPS) is 10.2. The Labute approximate surface area is 275 Å². The Morgan fingerprint density at radius 2 is 0.792 bits per heavy atom. The summed E-state index contributed by atoms with van der Waals surface area (Å²) < 4.78 is 31.1. The summed E-state index contributed by atoms with van der Waals surface area (Å²) in [5, 5.41) is 0. The lowest BCUT2D eigenvalue weighted by Gasteiger charge is -2.09. The molecule has 0 aromatic heterocycles. The van der Waals surface area contributed by atoms with Crippen molar-refractivity contribution in [3.8, 4) is 0 Å². The third kappa shape index (κ3) is 14.1. The summed E-state index contributed by atoms with van der Waals surface area (Å²) in [5.74, 6) is -2.10. The van der Waals surface area contributed by atoms with Gasteiger partial charge in [0.1, 0.15) is 26.4 Å². The van der Waals surface area contributed by atoms with Gasteiger partial charge < -0.3 is 28.4 Å². The molecule has 0 bridgehead atoms. The Hall–Kier alpha value is -5.78. The molecule has 3 rings (SSSR count). The number of ether oxygens (including phenoxy) is 6. The van der Waals surface area contributed by atoms with Crippen molar-refractivity contribution in [3.05, 3.63) is 95.1 Å². The largest absolute Gasteiger partial charge is 0.463 e. The van der Waals surface area contributed by atoms with Gasteiger partial charge in [-0.1, -0.05) is 24.3 Å². The molecule has 0 radical (unpaired) electrons. The maximum atomic E-state index is 12.2. The van der Waals surface area contributed by atoms with Gasteiger partial charge in [0, 0.05) is 0 Å². The molecule has 0 atom stereocenters. The molecule has 3 aromatic carbocycles. The minimum Gasteiger partial charge on any atom is -0.463 e. The molecule has 0 spiro atoms. The van der Waals surface area contributed by atoms with E-state index in [1.807, 2.05) is 0 Å². The van der Waals surface area contributed by atoms with E-state index in [0.717, 1.165) is 0 Å². The van der Waals surface area contributed by atoms with Crippen molar-refractivity contribution in [2.24, 2.45) is 9.98 Å². The van der Waals surface area contributed by atoms with E-state index in [9.17, 15) is 28.8 Å². The Balaban J connectivity index is 1.19. The van der Waals surface area contributed by atoms with Crippen LogP contribution in [0.15, 0.2) is 82.8 Å². The lowest BCUT2D eigenvalue weighted by Crippen LogP contribution is -2.16. The first kappa shape index (κ1) is 36.7. The molecule has 0 fully saturated rings. The van der Waals surface area contributed by atoms with Crippen LogP contribution in [0.25, 0.3) is 0 Å². The van der Waals surface area contributed by atoms with Crippen molar-refractivity contribution in [2.45, 2.75) is 12.8 Å². The number of hydrogen-bond donors (Lipinski definition) is 0. The van der Waals surface area contributed by atoms with Gasteiger partial charge in [0.05, 0.1) is 61.8 Å². The predicted molar refractivity (Wildman–Crippen MR) is 166 cm³/mol. The smallest absolute Gasteiger partial charge is 0.338 e. The summed E-state index contributed by atoms with van der Waals surface area (Å²) in [7, 11) is 0. The van der Waals surface area contributed by atoms with Crippen LogP contribution in [0.3, 0.4) is 0 Å². The summed E-state index contributed by atoms with van der Waals surface area (Å²) in [6, 6.07) is 18.7. The number of esters is 4. The summed E-state index contributed by atoms with van der Waals surface area (Å²) in [6.45, 7) is 0.401. The van der Waals surface area contributed by atoms with E-state index in [1.54, 1.807) is 48.5 Å². The lowest BCUT2D eigenvalue weighted by atomic mass is 10.1. The Bertz CT molecular complexity index is 1470. The van der Waals surface area contributed by atoms with Crippen molar-refractivity contribution >= 4 is 47.4 Å². The third-order valence-corrected chi connectivity index (χ3v) is 6.18. The molecule has 14 nitrogen and oxygen atoms in total. The summed E-state index contributed by atoms with van der Waals surface area (Å²) in [6.07, 6.45) is 2.98. The van der Waals surface area contributed by atoms with Crippen LogP contribution in [-0.2, 0) is 60.4 Å². The van der Waals surface area contributed by atoms with E-state index in [-0.39, 0.29) is 76.8 Å². The fourth-order valence-corrected chi connectivity index (χ4v) is 3.85. The van der Waals surface area contributed by atoms with Crippen LogP contribution in [0.5, 0.6) is 0 Å². The minimum atomic E-state index is -0.605. The van der Waals surface area contributed by atoms with E-state index in [0.29, 0.717) is 22.5 Å². The second-order valence-corrected chi connectivity index (χ2v) is 9.61. The van der Waals surface area contributed by atoms with Crippen LogP contribution in [0, 0.1) is 0 Å². The van der Waals surface area contributed by atoms with E-state index in [2.05, 4.69) is 9.98 Å². The van der Waals surface area contributed by atoms with Gasteiger partial charge in [-0.2, -0.15) is 9.98 Å². The Morgan fingerprint density at radius 1 is 0.458 bits per heavy atom. The topological polar surface area (TPSA) is 183 Å². The summed E-state index contributed by atoms with van der Waals surface area (Å²) in [5.41, 5.74) is 2.74. The van der Waals surface area contributed by atoms with Gasteiger partial charge >= 0.3 is 23.9 Å². The number of isocyanates is 2. The molecule has 48 heavy (non-hydrogen) atoms. The number of carbonyl (C=O) groups excluding carboxylic acids is 6. The van der Waals surface area contributed by atoms with Crippen LogP contribution in [0.2, 0.25) is 0 Å². The van der Waals surface area contributed by atoms with E-state index in [4.69, 9.17) is 28.4 Å². The molecular formula is C34H32N2O12. The van der Waals surface area contributed by atoms with Gasteiger partial charge in [-0.3, -0.25) is 9.59 Å². The third-order valence-electron chi connectivity index (χ3n) is 6.18. The molecular weight excluding hydrogens is 628 g/mol. The Kier molecular flexibility index (Phi) is 16.1. The van der Waals surface area contributed by atoms with Crippen molar-refractivity contribution in [3.63, 3.8) is 0 Å². The van der Waals surface area contributed by atoms with Crippen molar-refractivity contribution in [1.29, 1.82) is 0 Å². The molecule has 3 aromatic rings. The fraction of sp³-hybridized carbons (Fsp3) is 0.294.